The molecule has 1 heterocycles. The lowest BCUT2D eigenvalue weighted by molar-refractivity contribution is -0.196. The zero-order chi connectivity index (χ0) is 28.0. The molecule has 0 aromatic carbocycles. The second-order valence-electron chi connectivity index (χ2n) is 11.3. The minimum absolute atomic E-state index is 0.0918. The number of hydrogen-bond donors (Lipinski definition) is 0. The standard InChI is InChI=1S/C30H50F2O6/c1-4-6-18-36-28(35)14-10-8-7-9-13-23-24(16-17-27(34)30(31,32)21-22(3)5-2)26(20-25(23)33)38-29-15-11-12-19-37-29/h22-24,26,29H,4-21H2,1-3H3/t22-,23+,24+,26+,29?/m0/s1. The van der Waals surface area contributed by atoms with Gasteiger partial charge in [-0.15, -0.1) is 0 Å². The van der Waals surface area contributed by atoms with Crippen molar-refractivity contribution in [3.05, 3.63) is 0 Å². The van der Waals surface area contributed by atoms with Crippen LogP contribution in [0, 0.1) is 17.8 Å². The van der Waals surface area contributed by atoms with E-state index < -0.39 is 24.2 Å². The van der Waals surface area contributed by atoms with Gasteiger partial charge >= 0.3 is 11.9 Å². The van der Waals surface area contributed by atoms with Crippen molar-refractivity contribution in [3.63, 3.8) is 0 Å². The van der Waals surface area contributed by atoms with E-state index in [1.165, 1.54) is 0 Å². The van der Waals surface area contributed by atoms with Gasteiger partial charge in [0.05, 0.1) is 12.7 Å². The Balaban J connectivity index is 1.89. The Labute approximate surface area is 227 Å². The van der Waals surface area contributed by atoms with Gasteiger partial charge in [0.15, 0.2) is 6.29 Å². The van der Waals surface area contributed by atoms with E-state index in [0.29, 0.717) is 32.5 Å². The first-order valence-electron chi connectivity index (χ1n) is 15.0. The summed E-state index contributed by atoms with van der Waals surface area (Å²) in [6.07, 6.45) is 8.56. The van der Waals surface area contributed by atoms with Crippen LogP contribution in [0.5, 0.6) is 0 Å². The molecular weight excluding hydrogens is 494 g/mol. The lowest BCUT2D eigenvalue weighted by atomic mass is 9.84. The van der Waals surface area contributed by atoms with Crippen molar-refractivity contribution in [1.82, 2.24) is 0 Å². The molecule has 0 spiro atoms. The number of hydrogen-bond acceptors (Lipinski definition) is 6. The van der Waals surface area contributed by atoms with Crippen LogP contribution in [-0.2, 0) is 28.6 Å². The first-order valence-corrected chi connectivity index (χ1v) is 15.0. The minimum atomic E-state index is -3.34. The molecule has 2 rings (SSSR count). The molecule has 0 amide bonds. The lowest BCUT2D eigenvalue weighted by Crippen LogP contribution is -2.34. The molecule has 2 fully saturated rings. The molecular formula is C30H50F2O6. The van der Waals surface area contributed by atoms with Crippen LogP contribution in [0.1, 0.15) is 124 Å². The Morgan fingerprint density at radius 3 is 2.50 bits per heavy atom. The summed E-state index contributed by atoms with van der Waals surface area (Å²) in [5.74, 6) is -5.22. The molecule has 0 bridgehead atoms. The molecule has 0 aromatic rings. The van der Waals surface area contributed by atoms with Crippen molar-refractivity contribution in [1.29, 1.82) is 0 Å². The fourth-order valence-corrected chi connectivity index (χ4v) is 5.49. The van der Waals surface area contributed by atoms with Gasteiger partial charge in [0.2, 0.25) is 5.78 Å². The normalized spacial score (nSPS) is 24.9. The molecule has 0 aromatic heterocycles. The first-order chi connectivity index (χ1) is 18.2. The van der Waals surface area contributed by atoms with Gasteiger partial charge in [0, 0.05) is 38.2 Å². The van der Waals surface area contributed by atoms with Crippen molar-refractivity contribution >= 4 is 17.5 Å². The highest BCUT2D eigenvalue weighted by atomic mass is 19.3. The Morgan fingerprint density at radius 2 is 1.82 bits per heavy atom. The number of alkyl halides is 2. The number of rotatable bonds is 19. The quantitative estimate of drug-likeness (QED) is 0.126. The van der Waals surface area contributed by atoms with Crippen LogP contribution in [0.3, 0.4) is 0 Å². The summed E-state index contributed by atoms with van der Waals surface area (Å²) in [7, 11) is 0. The van der Waals surface area contributed by atoms with Crippen molar-refractivity contribution in [2.75, 3.05) is 13.2 Å². The molecule has 38 heavy (non-hydrogen) atoms. The molecule has 1 aliphatic carbocycles. The van der Waals surface area contributed by atoms with E-state index >= 15 is 0 Å². The molecule has 0 radical (unpaired) electrons. The average molecular weight is 545 g/mol. The van der Waals surface area contributed by atoms with E-state index in [4.69, 9.17) is 14.2 Å². The summed E-state index contributed by atoms with van der Waals surface area (Å²) in [6, 6.07) is 0. The van der Waals surface area contributed by atoms with Gasteiger partial charge in [-0.25, -0.2) is 0 Å². The minimum Gasteiger partial charge on any atom is -0.466 e. The third-order valence-electron chi connectivity index (χ3n) is 8.10. The van der Waals surface area contributed by atoms with Crippen LogP contribution in [0.25, 0.3) is 0 Å². The van der Waals surface area contributed by atoms with Crippen LogP contribution in [0.15, 0.2) is 0 Å². The number of ether oxygens (including phenoxy) is 3. The largest absolute Gasteiger partial charge is 0.466 e. The topological polar surface area (TPSA) is 78.9 Å². The number of carbonyl (C=O) groups is 3. The van der Waals surface area contributed by atoms with Gasteiger partial charge in [0.25, 0.3) is 0 Å². The lowest BCUT2D eigenvalue weighted by Gasteiger charge is -2.30. The Kier molecular flexibility index (Phi) is 14.9. The van der Waals surface area contributed by atoms with Crippen LogP contribution in [-0.4, -0.2) is 49.1 Å². The summed E-state index contributed by atoms with van der Waals surface area (Å²) < 4.78 is 46.1. The summed E-state index contributed by atoms with van der Waals surface area (Å²) >= 11 is 0. The van der Waals surface area contributed by atoms with Crippen LogP contribution < -0.4 is 0 Å². The van der Waals surface area contributed by atoms with Gasteiger partial charge < -0.3 is 14.2 Å². The van der Waals surface area contributed by atoms with E-state index in [0.717, 1.165) is 57.8 Å². The van der Waals surface area contributed by atoms with E-state index in [-0.39, 0.29) is 55.1 Å². The van der Waals surface area contributed by atoms with Crippen LogP contribution in [0.4, 0.5) is 8.78 Å². The fourth-order valence-electron chi connectivity index (χ4n) is 5.49. The maximum Gasteiger partial charge on any atom is 0.305 e. The first kappa shape index (κ1) is 32.8. The van der Waals surface area contributed by atoms with Crippen molar-refractivity contribution in [2.24, 2.45) is 17.8 Å². The predicted octanol–water partition coefficient (Wildman–Crippen LogP) is 7.21. The highest BCUT2D eigenvalue weighted by Gasteiger charge is 2.45. The maximum absolute atomic E-state index is 14.5. The van der Waals surface area contributed by atoms with E-state index in [9.17, 15) is 23.2 Å². The van der Waals surface area contributed by atoms with Gasteiger partial charge in [-0.2, -0.15) is 8.78 Å². The number of ketones is 2. The number of carbonyl (C=O) groups excluding carboxylic acids is 3. The van der Waals surface area contributed by atoms with Crippen molar-refractivity contribution in [3.8, 4) is 0 Å². The average Bonchev–Trinajstić information content (AvgIpc) is 3.18. The van der Waals surface area contributed by atoms with E-state index in [1.54, 1.807) is 6.92 Å². The molecule has 8 heteroatoms. The fraction of sp³-hybridized carbons (Fsp3) is 0.900. The van der Waals surface area contributed by atoms with Crippen LogP contribution >= 0.6 is 0 Å². The molecule has 6 nitrogen and oxygen atoms in total. The van der Waals surface area contributed by atoms with E-state index in [1.807, 2.05) is 13.8 Å². The van der Waals surface area contributed by atoms with Crippen LogP contribution in [0.2, 0.25) is 0 Å². The summed E-state index contributed by atoms with van der Waals surface area (Å²) in [4.78, 5) is 37.2. The number of esters is 1. The highest BCUT2D eigenvalue weighted by molar-refractivity contribution is 5.86. The second-order valence-corrected chi connectivity index (χ2v) is 11.3. The molecule has 1 unspecified atom stereocenters. The third kappa shape index (κ3) is 11.4. The van der Waals surface area contributed by atoms with Gasteiger partial charge in [-0.3, -0.25) is 14.4 Å². The molecule has 0 N–H and O–H groups in total. The summed E-state index contributed by atoms with van der Waals surface area (Å²) in [5.41, 5.74) is 0. The number of halogens is 2. The van der Waals surface area contributed by atoms with Gasteiger partial charge in [0.1, 0.15) is 5.78 Å². The van der Waals surface area contributed by atoms with E-state index in [2.05, 4.69) is 0 Å². The molecule has 1 saturated carbocycles. The molecule has 2 aliphatic rings. The zero-order valence-electron chi connectivity index (χ0n) is 23.8. The Bertz CT molecular complexity index is 722. The Morgan fingerprint density at radius 1 is 1.05 bits per heavy atom. The van der Waals surface area contributed by atoms with Gasteiger partial charge in [-0.1, -0.05) is 52.9 Å². The highest BCUT2D eigenvalue weighted by Crippen LogP contribution is 2.40. The number of unbranched alkanes of at least 4 members (excludes halogenated alkanes) is 4. The zero-order valence-corrected chi connectivity index (χ0v) is 23.8. The molecule has 5 atom stereocenters. The molecule has 1 aliphatic heterocycles. The summed E-state index contributed by atoms with van der Waals surface area (Å²) in [6.45, 7) is 6.71. The SMILES string of the molecule is CCCCOC(=O)CCCCCC[C@H]1C(=O)C[C@@H](OC2CCCCO2)[C@@H]1CCC(=O)C(F)(F)C[C@@H](C)CC. The second kappa shape index (κ2) is 17.3. The smallest absolute Gasteiger partial charge is 0.305 e. The Hall–Kier alpha value is -1.41. The maximum atomic E-state index is 14.5. The molecule has 1 saturated heterocycles. The van der Waals surface area contributed by atoms with Crippen molar-refractivity contribution in [2.45, 2.75) is 142 Å². The van der Waals surface area contributed by atoms with Gasteiger partial charge in [-0.05, 0) is 56.8 Å². The van der Waals surface area contributed by atoms with Crippen molar-refractivity contribution < 1.29 is 37.4 Å². The predicted molar refractivity (Wildman–Crippen MR) is 142 cm³/mol. The monoisotopic (exact) mass is 544 g/mol. The number of Topliss-reactive ketones (excluding diaryl/α,β-unsaturated/α-hetero) is 2. The summed E-state index contributed by atoms with van der Waals surface area (Å²) in [5, 5.41) is 0. The molecule has 220 valence electrons. The third-order valence-corrected chi connectivity index (χ3v) is 8.10.